The summed E-state index contributed by atoms with van der Waals surface area (Å²) in [5.41, 5.74) is 3.59. The van der Waals surface area contributed by atoms with E-state index in [0.717, 1.165) is 40.5 Å². The van der Waals surface area contributed by atoms with Gasteiger partial charge in [0.05, 0.1) is 16.3 Å². The lowest BCUT2D eigenvalue weighted by molar-refractivity contribution is -0.114. The van der Waals surface area contributed by atoms with E-state index in [1.54, 1.807) is 24.3 Å². The fourth-order valence-corrected chi connectivity index (χ4v) is 4.82. The Labute approximate surface area is 188 Å². The van der Waals surface area contributed by atoms with Gasteiger partial charge in [0.15, 0.2) is 5.84 Å². The van der Waals surface area contributed by atoms with Gasteiger partial charge in [-0.3, -0.25) is 10.2 Å². The molecule has 0 bridgehead atoms. The molecule has 6 nitrogen and oxygen atoms in total. The molecule has 2 aliphatic heterocycles. The van der Waals surface area contributed by atoms with E-state index in [1.165, 1.54) is 16.8 Å². The van der Waals surface area contributed by atoms with Gasteiger partial charge < -0.3 is 4.57 Å². The van der Waals surface area contributed by atoms with Crippen molar-refractivity contribution in [2.45, 2.75) is 33.6 Å². The van der Waals surface area contributed by atoms with Crippen molar-refractivity contribution in [3.05, 3.63) is 56.8 Å². The minimum absolute atomic E-state index is 0.0363. The third-order valence-corrected chi connectivity index (χ3v) is 6.40. The lowest BCUT2D eigenvalue weighted by Crippen LogP contribution is -2.35. The molecular weight excluding hydrogens is 441 g/mol. The summed E-state index contributed by atoms with van der Waals surface area (Å²) >= 11 is 13.9. The molecule has 2 aromatic rings. The molecule has 154 valence electrons. The number of carbonyl (C=O) groups excluding carboxylic acids is 1. The van der Waals surface area contributed by atoms with Gasteiger partial charge in [0.2, 0.25) is 5.17 Å². The van der Waals surface area contributed by atoms with E-state index in [0.29, 0.717) is 15.2 Å². The van der Waals surface area contributed by atoms with Crippen LogP contribution in [0.2, 0.25) is 10.0 Å². The molecule has 1 amide bonds. The van der Waals surface area contributed by atoms with Crippen LogP contribution in [0, 0.1) is 19.3 Å². The predicted octanol–water partition coefficient (Wildman–Crippen LogP) is 5.82. The maximum Gasteiger partial charge on any atom is 0.283 e. The number of halogens is 2. The lowest BCUT2D eigenvalue weighted by Gasteiger charge is -2.20. The third-order valence-electron chi connectivity index (χ3n) is 4.88. The fraction of sp³-hybridized carbons (Fsp3) is 0.238. The fourth-order valence-electron chi connectivity index (χ4n) is 3.46. The summed E-state index contributed by atoms with van der Waals surface area (Å²) in [5.74, 6) is -0.397. The topological polar surface area (TPSA) is 73.8 Å². The zero-order chi connectivity index (χ0) is 21.6. The van der Waals surface area contributed by atoms with Crippen LogP contribution in [0.15, 0.2) is 39.9 Å². The Morgan fingerprint density at radius 2 is 2.00 bits per heavy atom. The summed E-state index contributed by atoms with van der Waals surface area (Å²) in [7, 11) is 0. The van der Waals surface area contributed by atoms with Gasteiger partial charge in [-0.1, -0.05) is 30.1 Å². The first-order valence-electron chi connectivity index (χ1n) is 9.43. The molecule has 1 aromatic heterocycles. The zero-order valence-corrected chi connectivity index (χ0v) is 19.0. The SMILES string of the molecule is CCCC1=NN2C(=N)/C(=C/c3cc(C)n(-c4cc(Cl)ccc4Cl)c3C)C(=O)N=C2S1. The maximum atomic E-state index is 12.7. The van der Waals surface area contributed by atoms with Crippen LogP contribution in [0.4, 0.5) is 0 Å². The van der Waals surface area contributed by atoms with E-state index in [9.17, 15) is 4.79 Å². The molecular formula is C21H19Cl2N5OS. The van der Waals surface area contributed by atoms with Crippen LogP contribution < -0.4 is 0 Å². The molecule has 3 heterocycles. The number of rotatable bonds is 4. The first-order valence-corrected chi connectivity index (χ1v) is 11.0. The number of benzene rings is 1. The van der Waals surface area contributed by atoms with E-state index >= 15 is 0 Å². The Bertz CT molecular complexity index is 1180. The average molecular weight is 460 g/mol. The second kappa shape index (κ2) is 8.06. The number of carbonyl (C=O) groups is 1. The number of hydrogen-bond acceptors (Lipinski definition) is 4. The van der Waals surface area contributed by atoms with Gasteiger partial charge >= 0.3 is 0 Å². The van der Waals surface area contributed by atoms with Crippen LogP contribution in [-0.2, 0) is 4.79 Å². The molecule has 0 saturated heterocycles. The van der Waals surface area contributed by atoms with E-state index in [1.807, 2.05) is 24.5 Å². The number of hydrogen-bond donors (Lipinski definition) is 1. The number of hydrazone groups is 1. The molecule has 0 atom stereocenters. The lowest BCUT2D eigenvalue weighted by atomic mass is 10.1. The van der Waals surface area contributed by atoms with Crippen molar-refractivity contribution < 1.29 is 4.79 Å². The summed E-state index contributed by atoms with van der Waals surface area (Å²) in [5, 5.41) is 16.9. The van der Waals surface area contributed by atoms with Gasteiger partial charge in [-0.25, -0.2) is 0 Å². The second-order valence-corrected chi connectivity index (χ2v) is 8.91. The molecule has 4 rings (SSSR count). The largest absolute Gasteiger partial charge is 0.316 e. The normalized spacial score (nSPS) is 17.5. The highest BCUT2D eigenvalue weighted by atomic mass is 35.5. The Hall–Kier alpha value is -2.35. The minimum Gasteiger partial charge on any atom is -0.316 e. The van der Waals surface area contributed by atoms with Crippen LogP contribution in [0.25, 0.3) is 11.8 Å². The van der Waals surface area contributed by atoms with Crippen molar-refractivity contribution in [2.75, 3.05) is 0 Å². The summed E-state index contributed by atoms with van der Waals surface area (Å²) in [6.07, 6.45) is 3.43. The number of aromatic nitrogens is 1. The van der Waals surface area contributed by atoms with Crippen LogP contribution >= 0.6 is 35.0 Å². The quantitative estimate of drug-likeness (QED) is 0.585. The van der Waals surface area contributed by atoms with Gasteiger partial charge in [0.25, 0.3) is 5.91 Å². The molecule has 0 saturated carbocycles. The third kappa shape index (κ3) is 3.62. The van der Waals surface area contributed by atoms with E-state index in [2.05, 4.69) is 17.0 Å². The van der Waals surface area contributed by atoms with E-state index in [-0.39, 0.29) is 11.4 Å². The monoisotopic (exact) mass is 459 g/mol. The molecule has 0 unspecified atom stereocenters. The average Bonchev–Trinajstić information content (AvgIpc) is 3.21. The van der Waals surface area contributed by atoms with Gasteiger partial charge in [0.1, 0.15) is 5.04 Å². The standard InChI is InChI=1S/C21H19Cl2N5OS/c1-4-5-18-26-28-19(24)15(20(29)25-21(28)30-18)9-13-8-11(2)27(12(13)3)17-10-14(22)6-7-16(17)23/h6-10,24H,4-5H2,1-3H3/b15-9-,24-19?. The Morgan fingerprint density at radius 3 is 2.73 bits per heavy atom. The number of amides is 1. The van der Waals surface area contributed by atoms with Crippen LogP contribution in [-0.4, -0.2) is 31.5 Å². The van der Waals surface area contributed by atoms with Gasteiger partial charge in [-0.15, -0.1) is 0 Å². The van der Waals surface area contributed by atoms with Crippen molar-refractivity contribution in [2.24, 2.45) is 10.1 Å². The highest BCUT2D eigenvalue weighted by Crippen LogP contribution is 2.32. The summed E-state index contributed by atoms with van der Waals surface area (Å²) < 4.78 is 1.98. The Morgan fingerprint density at radius 1 is 1.23 bits per heavy atom. The number of thioether (sulfide) groups is 1. The number of aliphatic imine (C=N–C) groups is 1. The van der Waals surface area contributed by atoms with Gasteiger partial charge in [-0.2, -0.15) is 15.1 Å². The van der Waals surface area contributed by atoms with Crippen LogP contribution in [0.1, 0.15) is 36.7 Å². The summed E-state index contributed by atoms with van der Waals surface area (Å²) in [4.78, 5) is 16.8. The number of fused-ring (bicyclic) bond motifs is 1. The molecule has 1 aromatic carbocycles. The highest BCUT2D eigenvalue weighted by Gasteiger charge is 2.35. The van der Waals surface area contributed by atoms with E-state index < -0.39 is 5.91 Å². The van der Waals surface area contributed by atoms with Gasteiger partial charge in [0, 0.05) is 16.4 Å². The number of nitrogens with one attached hydrogen (secondary N) is 1. The zero-order valence-electron chi connectivity index (χ0n) is 16.7. The second-order valence-electron chi connectivity index (χ2n) is 7.02. The van der Waals surface area contributed by atoms with Crippen molar-refractivity contribution in [3.63, 3.8) is 0 Å². The Kier molecular flexibility index (Phi) is 5.61. The van der Waals surface area contributed by atoms with Crippen molar-refractivity contribution in [1.82, 2.24) is 9.58 Å². The molecule has 0 fully saturated rings. The number of amidine groups is 2. The molecule has 30 heavy (non-hydrogen) atoms. The van der Waals surface area contributed by atoms with Crippen molar-refractivity contribution in [3.8, 4) is 5.69 Å². The predicted molar refractivity (Wildman–Crippen MR) is 125 cm³/mol. The van der Waals surface area contributed by atoms with Crippen molar-refractivity contribution in [1.29, 1.82) is 5.41 Å². The molecule has 2 aliphatic rings. The molecule has 9 heteroatoms. The van der Waals surface area contributed by atoms with Crippen LogP contribution in [0.5, 0.6) is 0 Å². The maximum absolute atomic E-state index is 12.7. The summed E-state index contributed by atoms with van der Waals surface area (Å²) in [6.45, 7) is 5.95. The first-order chi connectivity index (χ1) is 14.3. The van der Waals surface area contributed by atoms with E-state index in [4.69, 9.17) is 28.6 Å². The van der Waals surface area contributed by atoms with Crippen molar-refractivity contribution >= 4 is 63.0 Å². The smallest absolute Gasteiger partial charge is 0.283 e. The van der Waals surface area contributed by atoms with Crippen LogP contribution in [0.3, 0.4) is 0 Å². The highest BCUT2D eigenvalue weighted by molar-refractivity contribution is 8.26. The minimum atomic E-state index is -0.433. The Balaban J connectivity index is 1.75. The number of nitrogens with zero attached hydrogens (tertiary/aromatic N) is 4. The molecule has 1 N–H and O–H groups in total. The molecule has 0 spiro atoms. The molecule has 0 radical (unpaired) electrons. The number of aryl methyl sites for hydroxylation is 1. The summed E-state index contributed by atoms with van der Waals surface area (Å²) in [6, 6.07) is 7.24. The molecule has 0 aliphatic carbocycles. The van der Waals surface area contributed by atoms with Gasteiger partial charge in [-0.05, 0) is 74.4 Å². The first kappa shape index (κ1) is 20.9.